The van der Waals surface area contributed by atoms with E-state index in [-0.39, 0.29) is 12.1 Å². The molecule has 2 unspecified atom stereocenters. The van der Waals surface area contributed by atoms with Crippen molar-refractivity contribution >= 4 is 12.0 Å². The van der Waals surface area contributed by atoms with E-state index in [0.717, 1.165) is 24.5 Å². The topological polar surface area (TPSA) is 100 Å². The van der Waals surface area contributed by atoms with Gasteiger partial charge >= 0.3 is 12.0 Å². The standard InChI is InChI=1S/C15H23N5O3/c1-9(2)13-17-12-4-3-11(8-20(12)18-13)16-15(23)19-6-5-10(7-19)14(21)22/h9-11H,3-8H2,1-2H3,(H,16,23)(H,21,22). The van der Waals surface area contributed by atoms with Gasteiger partial charge in [-0.3, -0.25) is 4.79 Å². The number of carbonyl (C=O) groups excluding carboxylic acids is 1. The van der Waals surface area contributed by atoms with Crippen LogP contribution in [0.4, 0.5) is 4.79 Å². The molecule has 1 saturated heterocycles. The number of amides is 2. The van der Waals surface area contributed by atoms with Gasteiger partial charge < -0.3 is 15.3 Å². The lowest BCUT2D eigenvalue weighted by Crippen LogP contribution is -2.47. The molecule has 2 N–H and O–H groups in total. The number of carboxylic acid groups (broad SMARTS) is 1. The number of likely N-dealkylation sites (tertiary alicyclic amines) is 1. The van der Waals surface area contributed by atoms with Gasteiger partial charge in [-0.05, 0) is 12.8 Å². The summed E-state index contributed by atoms with van der Waals surface area (Å²) in [5.74, 6) is 0.842. The van der Waals surface area contributed by atoms with Gasteiger partial charge in [-0.25, -0.2) is 14.5 Å². The third-order valence-corrected chi connectivity index (χ3v) is 4.54. The zero-order chi connectivity index (χ0) is 16.6. The van der Waals surface area contributed by atoms with Crippen LogP contribution in [0.15, 0.2) is 0 Å². The molecule has 23 heavy (non-hydrogen) atoms. The highest BCUT2D eigenvalue weighted by molar-refractivity contribution is 5.77. The first-order valence-electron chi connectivity index (χ1n) is 8.16. The quantitative estimate of drug-likeness (QED) is 0.859. The molecule has 0 saturated carbocycles. The SMILES string of the molecule is CC(C)c1nc2n(n1)CC(NC(=O)N1CCC(C(=O)O)C1)CC2. The smallest absolute Gasteiger partial charge is 0.317 e. The van der Waals surface area contributed by atoms with Crippen LogP contribution in [-0.2, 0) is 17.8 Å². The summed E-state index contributed by atoms with van der Waals surface area (Å²) in [7, 11) is 0. The molecule has 8 nitrogen and oxygen atoms in total. The molecule has 0 spiro atoms. The number of hydrogen-bond donors (Lipinski definition) is 2. The molecule has 8 heteroatoms. The van der Waals surface area contributed by atoms with Crippen molar-refractivity contribution in [2.24, 2.45) is 5.92 Å². The molecule has 0 aliphatic carbocycles. The molecule has 0 bridgehead atoms. The maximum Gasteiger partial charge on any atom is 0.317 e. The summed E-state index contributed by atoms with van der Waals surface area (Å²) >= 11 is 0. The van der Waals surface area contributed by atoms with Crippen LogP contribution in [-0.4, -0.2) is 55.9 Å². The minimum Gasteiger partial charge on any atom is -0.481 e. The molecule has 2 amide bonds. The second-order valence-electron chi connectivity index (χ2n) is 6.68. The average molecular weight is 321 g/mol. The van der Waals surface area contributed by atoms with Gasteiger partial charge in [0.05, 0.1) is 18.5 Å². The minimum absolute atomic E-state index is 0.0144. The molecule has 1 aromatic rings. The average Bonchev–Trinajstić information content (AvgIpc) is 3.13. The van der Waals surface area contributed by atoms with Crippen molar-refractivity contribution in [3.8, 4) is 0 Å². The van der Waals surface area contributed by atoms with Gasteiger partial charge in [0.1, 0.15) is 5.82 Å². The number of nitrogens with one attached hydrogen (secondary N) is 1. The fourth-order valence-electron chi connectivity index (χ4n) is 3.10. The molecule has 3 rings (SSSR count). The van der Waals surface area contributed by atoms with Crippen molar-refractivity contribution < 1.29 is 14.7 Å². The Morgan fingerprint density at radius 3 is 2.74 bits per heavy atom. The van der Waals surface area contributed by atoms with Gasteiger partial charge in [0.25, 0.3) is 0 Å². The Morgan fingerprint density at radius 1 is 1.30 bits per heavy atom. The molecule has 0 radical (unpaired) electrons. The monoisotopic (exact) mass is 321 g/mol. The van der Waals surface area contributed by atoms with Crippen molar-refractivity contribution in [2.45, 2.75) is 51.6 Å². The Hall–Kier alpha value is -2.12. The van der Waals surface area contributed by atoms with E-state index in [1.165, 1.54) is 0 Å². The summed E-state index contributed by atoms with van der Waals surface area (Å²) in [6.45, 7) is 5.54. The van der Waals surface area contributed by atoms with Gasteiger partial charge in [-0.2, -0.15) is 5.10 Å². The Labute approximate surface area is 134 Å². The molecule has 126 valence electrons. The fraction of sp³-hybridized carbons (Fsp3) is 0.733. The zero-order valence-electron chi connectivity index (χ0n) is 13.5. The van der Waals surface area contributed by atoms with Crippen LogP contribution in [0.2, 0.25) is 0 Å². The van der Waals surface area contributed by atoms with E-state index < -0.39 is 11.9 Å². The van der Waals surface area contributed by atoms with Crippen LogP contribution in [0.1, 0.15) is 44.3 Å². The van der Waals surface area contributed by atoms with E-state index in [4.69, 9.17) is 5.11 Å². The lowest BCUT2D eigenvalue weighted by molar-refractivity contribution is -0.141. The first-order valence-corrected chi connectivity index (χ1v) is 8.16. The van der Waals surface area contributed by atoms with Crippen LogP contribution in [0.5, 0.6) is 0 Å². The highest BCUT2D eigenvalue weighted by Gasteiger charge is 2.32. The van der Waals surface area contributed by atoms with Gasteiger partial charge in [-0.1, -0.05) is 13.8 Å². The molecule has 2 atom stereocenters. The van der Waals surface area contributed by atoms with E-state index in [2.05, 4.69) is 29.2 Å². The fourth-order valence-corrected chi connectivity index (χ4v) is 3.10. The molecule has 1 fully saturated rings. The first kappa shape index (κ1) is 15.8. The minimum atomic E-state index is -0.827. The summed E-state index contributed by atoms with van der Waals surface area (Å²) in [4.78, 5) is 29.4. The predicted molar refractivity (Wildman–Crippen MR) is 82.1 cm³/mol. The lowest BCUT2D eigenvalue weighted by atomic mass is 10.1. The number of aliphatic carboxylic acids is 1. The Balaban J connectivity index is 1.57. The second-order valence-corrected chi connectivity index (χ2v) is 6.68. The third kappa shape index (κ3) is 3.30. The van der Waals surface area contributed by atoms with E-state index in [1.807, 2.05) is 4.68 Å². The number of rotatable bonds is 3. The number of urea groups is 1. The van der Waals surface area contributed by atoms with E-state index in [1.54, 1.807) is 4.90 Å². The van der Waals surface area contributed by atoms with Gasteiger partial charge in [0.2, 0.25) is 0 Å². The molecule has 2 aliphatic rings. The number of aromatic nitrogens is 3. The van der Waals surface area contributed by atoms with Crippen molar-refractivity contribution in [1.29, 1.82) is 0 Å². The number of hydrogen-bond acceptors (Lipinski definition) is 4. The predicted octanol–water partition coefficient (Wildman–Crippen LogP) is 0.832. The summed E-state index contributed by atoms with van der Waals surface area (Å²) in [5, 5.41) is 16.5. The molecule has 2 aliphatic heterocycles. The normalized spacial score (nSPS) is 23.9. The van der Waals surface area contributed by atoms with Crippen LogP contribution in [0.25, 0.3) is 0 Å². The number of carboxylic acids is 1. The summed E-state index contributed by atoms with van der Waals surface area (Å²) in [6, 6.07) is -0.160. The summed E-state index contributed by atoms with van der Waals surface area (Å²) in [6.07, 6.45) is 2.15. The van der Waals surface area contributed by atoms with Gasteiger partial charge in [-0.15, -0.1) is 0 Å². The van der Waals surface area contributed by atoms with E-state index in [9.17, 15) is 9.59 Å². The van der Waals surface area contributed by atoms with Gasteiger partial charge in [0.15, 0.2) is 5.82 Å². The number of nitrogens with zero attached hydrogens (tertiary/aromatic N) is 4. The van der Waals surface area contributed by atoms with Crippen LogP contribution in [0.3, 0.4) is 0 Å². The van der Waals surface area contributed by atoms with Crippen LogP contribution in [0, 0.1) is 5.92 Å². The zero-order valence-corrected chi connectivity index (χ0v) is 13.5. The first-order chi connectivity index (χ1) is 10.9. The highest BCUT2D eigenvalue weighted by Crippen LogP contribution is 2.19. The third-order valence-electron chi connectivity index (χ3n) is 4.54. The van der Waals surface area contributed by atoms with E-state index in [0.29, 0.717) is 32.0 Å². The molecule has 1 aromatic heterocycles. The number of carbonyl (C=O) groups is 2. The van der Waals surface area contributed by atoms with E-state index >= 15 is 0 Å². The maximum absolute atomic E-state index is 12.3. The largest absolute Gasteiger partial charge is 0.481 e. The Morgan fingerprint density at radius 2 is 2.09 bits per heavy atom. The van der Waals surface area contributed by atoms with Gasteiger partial charge in [0, 0.05) is 25.4 Å². The molecular weight excluding hydrogens is 298 g/mol. The Bertz CT molecular complexity index is 612. The lowest BCUT2D eigenvalue weighted by Gasteiger charge is -2.26. The summed E-state index contributed by atoms with van der Waals surface area (Å²) < 4.78 is 1.88. The van der Waals surface area contributed by atoms with Crippen molar-refractivity contribution in [3.05, 3.63) is 11.6 Å². The molecule has 0 aromatic carbocycles. The van der Waals surface area contributed by atoms with Crippen molar-refractivity contribution in [2.75, 3.05) is 13.1 Å². The Kier molecular flexibility index (Phi) is 4.23. The van der Waals surface area contributed by atoms with Crippen LogP contribution >= 0.6 is 0 Å². The van der Waals surface area contributed by atoms with Crippen molar-refractivity contribution in [1.82, 2.24) is 25.0 Å². The highest BCUT2D eigenvalue weighted by atomic mass is 16.4. The summed E-state index contributed by atoms with van der Waals surface area (Å²) in [5.41, 5.74) is 0. The molecular formula is C15H23N5O3. The van der Waals surface area contributed by atoms with Crippen LogP contribution < -0.4 is 5.32 Å². The van der Waals surface area contributed by atoms with Crippen molar-refractivity contribution in [3.63, 3.8) is 0 Å². The second kappa shape index (κ2) is 6.17. The molecule has 3 heterocycles. The number of aryl methyl sites for hydroxylation is 1. The maximum atomic E-state index is 12.3. The number of fused-ring (bicyclic) bond motifs is 1.